The van der Waals surface area contributed by atoms with E-state index in [1.165, 1.54) is 56.1 Å². The molecule has 1 saturated heterocycles. The van der Waals surface area contributed by atoms with E-state index in [-0.39, 0.29) is 0 Å². The first-order valence-electron chi connectivity index (χ1n) is 9.47. The van der Waals surface area contributed by atoms with Crippen LogP contribution in [0.3, 0.4) is 0 Å². The summed E-state index contributed by atoms with van der Waals surface area (Å²) in [4.78, 5) is 17.3. The molecule has 1 aromatic carbocycles. The number of amides is 1. The highest BCUT2D eigenvalue weighted by molar-refractivity contribution is 5.86. The number of carbonyl (C=O) groups is 1. The lowest BCUT2D eigenvalue weighted by atomic mass is 9.86. The number of fused-ring (bicyclic) bond motifs is 2. The van der Waals surface area contributed by atoms with Gasteiger partial charge in [-0.2, -0.15) is 0 Å². The minimum atomic E-state index is 0.370. The van der Waals surface area contributed by atoms with Crippen LogP contribution in [-0.2, 0) is 11.2 Å². The zero-order valence-electron chi connectivity index (χ0n) is 13.8. The average Bonchev–Trinajstić information content (AvgIpc) is 3.33. The average molecular weight is 310 g/mol. The van der Waals surface area contributed by atoms with Crippen molar-refractivity contribution >= 4 is 5.91 Å². The summed E-state index contributed by atoms with van der Waals surface area (Å²) in [6.07, 6.45) is 10.00. The highest BCUT2D eigenvalue weighted by Gasteiger charge is 2.51. The monoisotopic (exact) mass is 310 g/mol. The largest absolute Gasteiger partial charge is 0.326 e. The molecular weight excluding hydrogens is 284 g/mol. The minimum Gasteiger partial charge on any atom is -0.326 e. The third-order valence-corrected chi connectivity index (χ3v) is 6.55. The molecule has 0 N–H and O–H groups in total. The van der Waals surface area contributed by atoms with Crippen LogP contribution in [0.1, 0.15) is 62.1 Å². The van der Waals surface area contributed by atoms with Crippen molar-refractivity contribution in [2.24, 2.45) is 5.92 Å². The van der Waals surface area contributed by atoms with Gasteiger partial charge in [0, 0.05) is 18.1 Å². The van der Waals surface area contributed by atoms with Crippen LogP contribution in [0.25, 0.3) is 0 Å². The SMILES string of the molecule is O=C1[C@@H]2CCC[C@@H]2N1CN(C1CC1)[C@@H]1CCCc2ccccc21. The Morgan fingerprint density at radius 3 is 2.78 bits per heavy atom. The van der Waals surface area contributed by atoms with E-state index in [4.69, 9.17) is 0 Å². The van der Waals surface area contributed by atoms with Gasteiger partial charge >= 0.3 is 0 Å². The molecule has 3 atom stereocenters. The van der Waals surface area contributed by atoms with Crippen LogP contribution in [0.4, 0.5) is 0 Å². The summed E-state index contributed by atoms with van der Waals surface area (Å²) in [6.45, 7) is 0.879. The van der Waals surface area contributed by atoms with Gasteiger partial charge in [-0.1, -0.05) is 30.7 Å². The number of β-lactam (4-membered cyclic amide) rings is 1. The van der Waals surface area contributed by atoms with Gasteiger partial charge in [0.05, 0.1) is 12.6 Å². The number of carbonyl (C=O) groups excluding carboxylic acids is 1. The third kappa shape index (κ3) is 2.24. The van der Waals surface area contributed by atoms with Crippen molar-refractivity contribution in [1.82, 2.24) is 9.80 Å². The predicted octanol–water partition coefficient (Wildman–Crippen LogP) is 3.50. The van der Waals surface area contributed by atoms with Gasteiger partial charge in [0.25, 0.3) is 0 Å². The summed E-state index contributed by atoms with van der Waals surface area (Å²) in [6, 6.07) is 10.8. The van der Waals surface area contributed by atoms with Crippen molar-refractivity contribution in [1.29, 1.82) is 0 Å². The molecular formula is C20H26N2O. The second-order valence-corrected chi connectivity index (χ2v) is 7.91. The second kappa shape index (κ2) is 5.34. The van der Waals surface area contributed by atoms with E-state index in [0.717, 1.165) is 13.1 Å². The molecule has 3 nitrogen and oxygen atoms in total. The van der Waals surface area contributed by atoms with E-state index in [9.17, 15) is 4.79 Å². The fourth-order valence-corrected chi connectivity index (χ4v) is 5.19. The topological polar surface area (TPSA) is 23.6 Å². The Hall–Kier alpha value is -1.35. The van der Waals surface area contributed by atoms with Gasteiger partial charge < -0.3 is 4.90 Å². The number of hydrogen-bond acceptors (Lipinski definition) is 2. The quantitative estimate of drug-likeness (QED) is 0.795. The van der Waals surface area contributed by atoms with Crippen molar-refractivity contribution in [2.45, 2.75) is 69.5 Å². The van der Waals surface area contributed by atoms with Gasteiger partial charge in [0.15, 0.2) is 0 Å². The Kier molecular flexibility index (Phi) is 3.26. The van der Waals surface area contributed by atoms with Crippen LogP contribution in [-0.4, -0.2) is 34.5 Å². The normalized spacial score (nSPS) is 32.7. The van der Waals surface area contributed by atoms with Crippen molar-refractivity contribution in [2.75, 3.05) is 6.67 Å². The second-order valence-electron chi connectivity index (χ2n) is 7.91. The van der Waals surface area contributed by atoms with Crippen LogP contribution in [0.2, 0.25) is 0 Å². The number of likely N-dealkylation sites (tertiary alicyclic amines) is 1. The van der Waals surface area contributed by atoms with Crippen LogP contribution >= 0.6 is 0 Å². The van der Waals surface area contributed by atoms with Crippen LogP contribution < -0.4 is 0 Å². The maximum atomic E-state index is 12.4. The molecule has 4 aliphatic rings. The van der Waals surface area contributed by atoms with Crippen molar-refractivity contribution in [3.05, 3.63) is 35.4 Å². The molecule has 1 amide bonds. The first kappa shape index (κ1) is 14.0. The highest BCUT2D eigenvalue weighted by Crippen LogP contribution is 2.44. The lowest BCUT2D eigenvalue weighted by Gasteiger charge is -2.48. The molecule has 2 saturated carbocycles. The molecule has 0 bridgehead atoms. The smallest absolute Gasteiger partial charge is 0.229 e. The molecule has 5 rings (SSSR count). The Balaban J connectivity index is 1.40. The fourth-order valence-electron chi connectivity index (χ4n) is 5.19. The van der Waals surface area contributed by atoms with Crippen molar-refractivity contribution < 1.29 is 4.79 Å². The summed E-state index contributed by atoms with van der Waals surface area (Å²) >= 11 is 0. The van der Waals surface area contributed by atoms with Gasteiger partial charge in [0.1, 0.15) is 0 Å². The molecule has 3 aliphatic carbocycles. The van der Waals surface area contributed by atoms with E-state index >= 15 is 0 Å². The number of nitrogens with zero attached hydrogens (tertiary/aromatic N) is 2. The van der Waals surface area contributed by atoms with E-state index in [0.29, 0.717) is 30.0 Å². The summed E-state index contributed by atoms with van der Waals surface area (Å²) in [7, 11) is 0. The Bertz CT molecular complexity index is 624. The molecule has 3 heteroatoms. The van der Waals surface area contributed by atoms with Crippen molar-refractivity contribution in [3.63, 3.8) is 0 Å². The first-order valence-corrected chi connectivity index (χ1v) is 9.47. The van der Waals surface area contributed by atoms with Crippen LogP contribution in [0.5, 0.6) is 0 Å². The van der Waals surface area contributed by atoms with E-state index in [1.807, 2.05) is 0 Å². The van der Waals surface area contributed by atoms with Gasteiger partial charge in [-0.05, 0) is 56.1 Å². The first-order chi connectivity index (χ1) is 11.3. The Morgan fingerprint density at radius 2 is 1.91 bits per heavy atom. The zero-order valence-corrected chi connectivity index (χ0v) is 13.8. The molecule has 23 heavy (non-hydrogen) atoms. The molecule has 122 valence electrons. The lowest BCUT2D eigenvalue weighted by Crippen LogP contribution is -2.61. The van der Waals surface area contributed by atoms with E-state index in [2.05, 4.69) is 34.1 Å². The molecule has 1 heterocycles. The highest BCUT2D eigenvalue weighted by atomic mass is 16.2. The third-order valence-electron chi connectivity index (χ3n) is 6.55. The Labute approximate surface area is 138 Å². The number of hydrogen-bond donors (Lipinski definition) is 0. The standard InChI is InChI=1S/C20H26N2O/c23-20-17-8-4-10-19(17)22(20)13-21(15-11-12-15)18-9-3-6-14-5-1-2-7-16(14)18/h1-2,5,7,15,17-19H,3-4,6,8-13H2/t17-,18-,19+/m1/s1. The number of aryl methyl sites for hydroxylation is 1. The number of benzene rings is 1. The lowest BCUT2D eigenvalue weighted by molar-refractivity contribution is -0.159. The summed E-state index contributed by atoms with van der Waals surface area (Å²) in [5.41, 5.74) is 3.06. The summed E-state index contributed by atoms with van der Waals surface area (Å²) in [5.74, 6) is 0.803. The molecule has 0 aromatic heterocycles. The zero-order chi connectivity index (χ0) is 15.4. The maximum absolute atomic E-state index is 12.4. The molecule has 3 fully saturated rings. The fraction of sp³-hybridized carbons (Fsp3) is 0.650. The van der Waals surface area contributed by atoms with Gasteiger partial charge in [0.2, 0.25) is 5.91 Å². The van der Waals surface area contributed by atoms with Gasteiger partial charge in [-0.3, -0.25) is 9.69 Å². The molecule has 0 unspecified atom stereocenters. The van der Waals surface area contributed by atoms with Crippen molar-refractivity contribution in [3.8, 4) is 0 Å². The Morgan fingerprint density at radius 1 is 1.04 bits per heavy atom. The number of rotatable bonds is 4. The molecule has 1 aromatic rings. The molecule has 0 spiro atoms. The van der Waals surface area contributed by atoms with E-state index in [1.54, 1.807) is 0 Å². The summed E-state index contributed by atoms with van der Waals surface area (Å²) < 4.78 is 0. The van der Waals surface area contributed by atoms with E-state index < -0.39 is 0 Å². The molecule has 0 radical (unpaired) electrons. The molecule has 1 aliphatic heterocycles. The van der Waals surface area contributed by atoms with Crippen LogP contribution in [0.15, 0.2) is 24.3 Å². The maximum Gasteiger partial charge on any atom is 0.229 e. The van der Waals surface area contributed by atoms with Gasteiger partial charge in [-0.15, -0.1) is 0 Å². The summed E-state index contributed by atoms with van der Waals surface area (Å²) in [5, 5.41) is 0. The predicted molar refractivity (Wildman–Crippen MR) is 89.8 cm³/mol. The minimum absolute atomic E-state index is 0.370. The van der Waals surface area contributed by atoms with Gasteiger partial charge in [-0.25, -0.2) is 0 Å². The van der Waals surface area contributed by atoms with Crippen LogP contribution in [0, 0.1) is 5.92 Å².